The topological polar surface area (TPSA) is 26.3 Å². The van der Waals surface area contributed by atoms with Gasteiger partial charge in [0.25, 0.3) is 0 Å². The Hall–Kier alpha value is -0.720. The highest BCUT2D eigenvalue weighted by Gasteiger charge is 2.10. The SMILES string of the molecule is CCCCC(CCCCOP=O)c1ccccc1. The van der Waals surface area contributed by atoms with Gasteiger partial charge in [-0.25, -0.2) is 4.57 Å². The zero-order valence-corrected chi connectivity index (χ0v) is 12.1. The molecule has 18 heavy (non-hydrogen) atoms. The molecule has 0 aliphatic carbocycles. The standard InChI is InChI=1S/C15H23O2P/c1-2-3-9-14(12-7-8-13-17-18-16)15-10-5-4-6-11-15/h4-6,10-11,14H,2-3,7-9,12-13H2,1H3. The summed E-state index contributed by atoms with van der Waals surface area (Å²) in [6.45, 7) is 2.84. The monoisotopic (exact) mass is 266 g/mol. The van der Waals surface area contributed by atoms with Crippen LogP contribution in [0, 0.1) is 0 Å². The highest BCUT2D eigenvalue weighted by molar-refractivity contribution is 7.17. The third-order valence-corrected chi connectivity index (χ3v) is 3.56. The van der Waals surface area contributed by atoms with E-state index < -0.39 is 0 Å². The van der Waals surface area contributed by atoms with Crippen LogP contribution in [0.3, 0.4) is 0 Å². The molecule has 0 aliphatic rings. The maximum absolute atomic E-state index is 10.1. The normalized spacial score (nSPS) is 12.7. The summed E-state index contributed by atoms with van der Waals surface area (Å²) in [5.41, 5.74) is 1.45. The van der Waals surface area contributed by atoms with E-state index in [1.54, 1.807) is 0 Å². The Labute approximate surface area is 112 Å². The maximum Gasteiger partial charge on any atom is 0.327 e. The number of benzene rings is 1. The fourth-order valence-electron chi connectivity index (χ4n) is 2.25. The third kappa shape index (κ3) is 6.28. The first-order valence-electron chi connectivity index (χ1n) is 6.88. The summed E-state index contributed by atoms with van der Waals surface area (Å²) in [6.07, 6.45) is 7.13. The molecule has 1 aromatic carbocycles. The molecule has 0 spiro atoms. The van der Waals surface area contributed by atoms with E-state index in [0.29, 0.717) is 12.5 Å². The number of rotatable bonds is 10. The Bertz CT molecular complexity index is 314. The van der Waals surface area contributed by atoms with Crippen LogP contribution in [0.1, 0.15) is 56.9 Å². The molecule has 0 aromatic heterocycles. The molecule has 3 heteroatoms. The molecule has 0 radical (unpaired) electrons. The van der Waals surface area contributed by atoms with Crippen molar-refractivity contribution in [2.75, 3.05) is 6.61 Å². The van der Waals surface area contributed by atoms with Gasteiger partial charge in [-0.05, 0) is 30.7 Å². The fraction of sp³-hybridized carbons (Fsp3) is 0.600. The van der Waals surface area contributed by atoms with Crippen LogP contribution in [-0.4, -0.2) is 6.61 Å². The van der Waals surface area contributed by atoms with Crippen LogP contribution >= 0.6 is 8.69 Å². The Morgan fingerprint density at radius 1 is 1.11 bits per heavy atom. The Kier molecular flexibility index (Phi) is 8.71. The van der Waals surface area contributed by atoms with Gasteiger partial charge < -0.3 is 0 Å². The smallest absolute Gasteiger partial charge is 0.294 e. The molecule has 2 nitrogen and oxygen atoms in total. The second kappa shape index (κ2) is 10.2. The molecule has 0 amide bonds. The van der Waals surface area contributed by atoms with Crippen LogP contribution < -0.4 is 0 Å². The lowest BCUT2D eigenvalue weighted by Gasteiger charge is -2.16. The van der Waals surface area contributed by atoms with Crippen molar-refractivity contribution in [3.8, 4) is 0 Å². The van der Waals surface area contributed by atoms with Crippen molar-refractivity contribution in [3.63, 3.8) is 0 Å². The molecular weight excluding hydrogens is 243 g/mol. The molecule has 1 atom stereocenters. The number of hydrogen-bond donors (Lipinski definition) is 0. The molecule has 0 heterocycles. The van der Waals surface area contributed by atoms with E-state index in [2.05, 4.69) is 37.3 Å². The first kappa shape index (κ1) is 15.3. The van der Waals surface area contributed by atoms with Gasteiger partial charge in [-0.2, -0.15) is 0 Å². The second-order valence-electron chi connectivity index (χ2n) is 4.65. The lowest BCUT2D eigenvalue weighted by Crippen LogP contribution is -2.00. The van der Waals surface area contributed by atoms with Crippen molar-refractivity contribution in [1.82, 2.24) is 0 Å². The lowest BCUT2D eigenvalue weighted by atomic mass is 9.89. The molecule has 1 unspecified atom stereocenters. The lowest BCUT2D eigenvalue weighted by molar-refractivity contribution is 0.325. The van der Waals surface area contributed by atoms with E-state index in [4.69, 9.17) is 4.52 Å². The molecule has 0 bridgehead atoms. The van der Waals surface area contributed by atoms with E-state index >= 15 is 0 Å². The zero-order chi connectivity index (χ0) is 13.1. The van der Waals surface area contributed by atoms with E-state index in [-0.39, 0.29) is 8.69 Å². The third-order valence-electron chi connectivity index (χ3n) is 3.27. The molecule has 0 N–H and O–H groups in total. The van der Waals surface area contributed by atoms with Crippen molar-refractivity contribution in [1.29, 1.82) is 0 Å². The average molecular weight is 266 g/mol. The van der Waals surface area contributed by atoms with Crippen LogP contribution in [0.25, 0.3) is 0 Å². The van der Waals surface area contributed by atoms with Gasteiger partial charge in [0.05, 0.1) is 6.61 Å². The van der Waals surface area contributed by atoms with Crippen LogP contribution in [0.4, 0.5) is 0 Å². The molecule has 100 valence electrons. The van der Waals surface area contributed by atoms with Crippen molar-refractivity contribution in [2.45, 2.75) is 51.4 Å². The minimum absolute atomic E-state index is 0.196. The average Bonchev–Trinajstić information content (AvgIpc) is 2.43. The predicted molar refractivity (Wildman–Crippen MR) is 76.1 cm³/mol. The quantitative estimate of drug-likeness (QED) is 0.421. The first-order chi connectivity index (χ1) is 8.88. The van der Waals surface area contributed by atoms with Gasteiger partial charge in [0.1, 0.15) is 0 Å². The Balaban J connectivity index is 2.38. The minimum atomic E-state index is -0.196. The van der Waals surface area contributed by atoms with Crippen LogP contribution in [0.15, 0.2) is 30.3 Å². The fourth-order valence-corrected chi connectivity index (χ4v) is 2.45. The summed E-state index contributed by atoms with van der Waals surface area (Å²) in [4.78, 5) is 0. The molecule has 0 fully saturated rings. The van der Waals surface area contributed by atoms with E-state index in [9.17, 15) is 4.57 Å². The van der Waals surface area contributed by atoms with Gasteiger partial charge >= 0.3 is 8.69 Å². The van der Waals surface area contributed by atoms with Gasteiger partial charge in [-0.15, -0.1) is 0 Å². The molecule has 0 saturated heterocycles. The first-order valence-corrected chi connectivity index (χ1v) is 7.61. The van der Waals surface area contributed by atoms with Gasteiger partial charge in [0.2, 0.25) is 0 Å². The van der Waals surface area contributed by atoms with Gasteiger partial charge in [-0.1, -0.05) is 56.5 Å². The summed E-state index contributed by atoms with van der Waals surface area (Å²) >= 11 is 0. The van der Waals surface area contributed by atoms with Gasteiger partial charge in [0, 0.05) is 0 Å². The van der Waals surface area contributed by atoms with Crippen molar-refractivity contribution in [3.05, 3.63) is 35.9 Å². The van der Waals surface area contributed by atoms with Crippen molar-refractivity contribution < 1.29 is 9.09 Å². The van der Waals surface area contributed by atoms with Crippen molar-refractivity contribution >= 4 is 8.69 Å². The van der Waals surface area contributed by atoms with Crippen LogP contribution in [0.2, 0.25) is 0 Å². The zero-order valence-electron chi connectivity index (χ0n) is 11.2. The molecular formula is C15H23O2P. The summed E-state index contributed by atoms with van der Waals surface area (Å²) in [5, 5.41) is 0. The molecule has 1 rings (SSSR count). The second-order valence-corrected chi connectivity index (χ2v) is 5.06. The van der Waals surface area contributed by atoms with Gasteiger partial charge in [-0.3, -0.25) is 4.52 Å². The summed E-state index contributed by atoms with van der Waals surface area (Å²) in [7, 11) is -0.196. The highest BCUT2D eigenvalue weighted by atomic mass is 31.1. The number of hydrogen-bond acceptors (Lipinski definition) is 2. The molecule has 0 saturated carbocycles. The summed E-state index contributed by atoms with van der Waals surface area (Å²) in [5.74, 6) is 0.663. The van der Waals surface area contributed by atoms with E-state index in [1.165, 1.54) is 31.2 Å². The largest absolute Gasteiger partial charge is 0.327 e. The maximum atomic E-state index is 10.1. The molecule has 1 aromatic rings. The van der Waals surface area contributed by atoms with Crippen molar-refractivity contribution in [2.24, 2.45) is 0 Å². The molecule has 0 aliphatic heterocycles. The van der Waals surface area contributed by atoms with Crippen LogP contribution in [-0.2, 0) is 9.09 Å². The van der Waals surface area contributed by atoms with E-state index in [1.807, 2.05) is 0 Å². The van der Waals surface area contributed by atoms with E-state index in [0.717, 1.165) is 12.8 Å². The number of unbranched alkanes of at least 4 members (excludes halogenated alkanes) is 2. The Morgan fingerprint density at radius 2 is 1.83 bits per heavy atom. The summed E-state index contributed by atoms with van der Waals surface area (Å²) in [6, 6.07) is 10.8. The minimum Gasteiger partial charge on any atom is -0.294 e. The summed E-state index contributed by atoms with van der Waals surface area (Å²) < 4.78 is 15.0. The Morgan fingerprint density at radius 3 is 2.50 bits per heavy atom. The highest BCUT2D eigenvalue weighted by Crippen LogP contribution is 2.27. The predicted octanol–water partition coefficient (Wildman–Crippen LogP) is 5.35. The van der Waals surface area contributed by atoms with Crippen LogP contribution in [0.5, 0.6) is 0 Å². The van der Waals surface area contributed by atoms with Gasteiger partial charge in [0.15, 0.2) is 0 Å².